The van der Waals surface area contributed by atoms with Crippen LogP contribution in [-0.4, -0.2) is 23.5 Å². The number of amides is 1. The third-order valence-corrected chi connectivity index (χ3v) is 5.72. The smallest absolute Gasteiger partial charge is 0.263 e. The van der Waals surface area contributed by atoms with E-state index in [1.165, 1.54) is 11.3 Å². The molecule has 0 radical (unpaired) electrons. The second kappa shape index (κ2) is 5.47. The Hall–Kier alpha value is -3.06. The van der Waals surface area contributed by atoms with Gasteiger partial charge in [0, 0.05) is 28.2 Å². The number of anilines is 2. The normalized spacial score (nSPS) is 17.0. The van der Waals surface area contributed by atoms with Crippen LogP contribution in [0, 0.1) is 0 Å². The predicted molar refractivity (Wildman–Crippen MR) is 105 cm³/mol. The van der Waals surface area contributed by atoms with Crippen molar-refractivity contribution in [2.45, 2.75) is 13.0 Å². The van der Waals surface area contributed by atoms with Crippen LogP contribution in [0.15, 0.2) is 40.8 Å². The van der Waals surface area contributed by atoms with Crippen molar-refractivity contribution in [3.8, 4) is 11.5 Å². The van der Waals surface area contributed by atoms with Crippen LogP contribution in [0.5, 0.6) is 0 Å². The molecule has 4 N–H and O–H groups in total. The number of nitrogen functional groups attached to an aromatic ring is 1. The molecule has 0 saturated heterocycles. The first-order valence-corrected chi connectivity index (χ1v) is 9.18. The Balaban J connectivity index is 1.68. The van der Waals surface area contributed by atoms with Crippen LogP contribution in [0.3, 0.4) is 0 Å². The van der Waals surface area contributed by atoms with Gasteiger partial charge in [-0.3, -0.25) is 4.79 Å². The number of nitrogens with one attached hydrogen (secondary N) is 2. The van der Waals surface area contributed by atoms with Gasteiger partial charge in [0.05, 0.1) is 11.4 Å². The van der Waals surface area contributed by atoms with Gasteiger partial charge < -0.3 is 20.8 Å². The van der Waals surface area contributed by atoms with Crippen LogP contribution in [0.2, 0.25) is 0 Å². The van der Waals surface area contributed by atoms with Crippen molar-refractivity contribution < 1.29 is 9.21 Å². The van der Waals surface area contributed by atoms with E-state index in [9.17, 15) is 4.79 Å². The minimum atomic E-state index is -0.0325. The largest absolute Gasteiger partial charge is 0.436 e. The van der Waals surface area contributed by atoms with E-state index in [2.05, 4.69) is 15.6 Å². The van der Waals surface area contributed by atoms with Gasteiger partial charge >= 0.3 is 0 Å². The number of rotatable bonds is 1. The van der Waals surface area contributed by atoms with Crippen molar-refractivity contribution in [1.29, 1.82) is 0 Å². The fourth-order valence-electron chi connectivity index (χ4n) is 3.25. The molecule has 0 bridgehead atoms. The number of hydrogen-bond donors (Lipinski definition) is 3. The van der Waals surface area contributed by atoms with Gasteiger partial charge in [0.1, 0.15) is 10.4 Å². The fraction of sp³-hybridized carbons (Fsp3) is 0.158. The molecule has 0 spiro atoms. The van der Waals surface area contributed by atoms with Crippen molar-refractivity contribution >= 4 is 49.8 Å². The van der Waals surface area contributed by atoms with Crippen molar-refractivity contribution in [3.63, 3.8) is 0 Å². The minimum absolute atomic E-state index is 0.0325. The molecule has 130 valence electrons. The molecule has 5 rings (SSSR count). The molecule has 1 amide bonds. The predicted octanol–water partition coefficient (Wildman–Crippen LogP) is 3.84. The molecule has 0 aliphatic carbocycles. The first-order valence-electron chi connectivity index (χ1n) is 8.37. The SMILES string of the molecule is CC1CNc2c(sc3ccc(-c4nc5c(N)cccc5o4)cc23)C(=O)N1. The second-order valence-electron chi connectivity index (χ2n) is 6.49. The van der Waals surface area contributed by atoms with E-state index < -0.39 is 0 Å². The van der Waals surface area contributed by atoms with Crippen LogP contribution >= 0.6 is 11.3 Å². The van der Waals surface area contributed by atoms with Gasteiger partial charge in [-0.2, -0.15) is 0 Å². The van der Waals surface area contributed by atoms with Crippen LogP contribution in [0.4, 0.5) is 11.4 Å². The van der Waals surface area contributed by atoms with Crippen LogP contribution in [-0.2, 0) is 0 Å². The molecule has 1 atom stereocenters. The number of fused-ring (bicyclic) bond motifs is 4. The fourth-order valence-corrected chi connectivity index (χ4v) is 4.32. The zero-order chi connectivity index (χ0) is 17.8. The Bertz CT molecular complexity index is 1180. The summed E-state index contributed by atoms with van der Waals surface area (Å²) in [5, 5.41) is 7.39. The summed E-state index contributed by atoms with van der Waals surface area (Å²) >= 11 is 1.49. The number of hydrogen-bond acceptors (Lipinski definition) is 6. The lowest BCUT2D eigenvalue weighted by Gasteiger charge is -2.09. The first-order chi connectivity index (χ1) is 12.6. The van der Waals surface area contributed by atoms with E-state index in [1.54, 1.807) is 6.07 Å². The summed E-state index contributed by atoms with van der Waals surface area (Å²) in [6.45, 7) is 2.67. The van der Waals surface area contributed by atoms with Crippen LogP contribution in [0.25, 0.3) is 32.6 Å². The van der Waals surface area contributed by atoms with E-state index in [0.29, 0.717) is 34.1 Å². The summed E-state index contributed by atoms with van der Waals surface area (Å²) < 4.78 is 6.93. The zero-order valence-electron chi connectivity index (χ0n) is 14.0. The van der Waals surface area contributed by atoms with E-state index in [1.807, 2.05) is 37.3 Å². The zero-order valence-corrected chi connectivity index (χ0v) is 14.8. The standard InChI is InChI=1S/C19H16N4O2S/c1-9-8-21-15-11-7-10(5-6-14(11)26-17(15)18(24)22-9)19-23-16-12(20)3-2-4-13(16)25-19/h2-7,9,21H,8,20H2,1H3,(H,22,24). The molecule has 3 heterocycles. The Morgan fingerprint density at radius 3 is 3.04 bits per heavy atom. The quantitative estimate of drug-likeness (QED) is 0.446. The van der Waals surface area contributed by atoms with Gasteiger partial charge in [0.25, 0.3) is 5.91 Å². The molecule has 1 aliphatic heterocycles. The topological polar surface area (TPSA) is 93.2 Å². The summed E-state index contributed by atoms with van der Waals surface area (Å²) in [5.41, 5.74) is 9.64. The van der Waals surface area contributed by atoms with E-state index in [0.717, 1.165) is 21.3 Å². The highest BCUT2D eigenvalue weighted by molar-refractivity contribution is 7.21. The third kappa shape index (κ3) is 2.24. The van der Waals surface area contributed by atoms with Crippen molar-refractivity contribution in [2.75, 3.05) is 17.6 Å². The summed E-state index contributed by atoms with van der Waals surface area (Å²) in [6, 6.07) is 11.6. The minimum Gasteiger partial charge on any atom is -0.436 e. The molecule has 6 nitrogen and oxygen atoms in total. The maximum absolute atomic E-state index is 12.4. The highest BCUT2D eigenvalue weighted by Gasteiger charge is 2.24. The van der Waals surface area contributed by atoms with Crippen molar-refractivity contribution in [1.82, 2.24) is 10.3 Å². The second-order valence-corrected chi connectivity index (χ2v) is 7.54. The van der Waals surface area contributed by atoms with Gasteiger partial charge in [-0.15, -0.1) is 11.3 Å². The molecule has 4 aromatic rings. The molecule has 7 heteroatoms. The van der Waals surface area contributed by atoms with Gasteiger partial charge in [-0.05, 0) is 37.3 Å². The number of nitrogens with zero attached hydrogens (tertiary/aromatic N) is 1. The molecular formula is C19H16N4O2S. The maximum atomic E-state index is 12.4. The Morgan fingerprint density at radius 1 is 1.31 bits per heavy atom. The third-order valence-electron chi connectivity index (χ3n) is 4.55. The number of aromatic nitrogens is 1. The highest BCUT2D eigenvalue weighted by Crippen LogP contribution is 2.39. The molecule has 1 unspecified atom stereocenters. The Labute approximate surface area is 153 Å². The number of para-hydroxylation sites is 1. The lowest BCUT2D eigenvalue weighted by atomic mass is 10.1. The molecule has 0 fully saturated rings. The van der Waals surface area contributed by atoms with E-state index in [-0.39, 0.29) is 11.9 Å². The number of carbonyl (C=O) groups is 1. The molecule has 2 aromatic carbocycles. The van der Waals surface area contributed by atoms with Crippen molar-refractivity contribution in [2.24, 2.45) is 0 Å². The van der Waals surface area contributed by atoms with Gasteiger partial charge in [-0.1, -0.05) is 6.07 Å². The van der Waals surface area contributed by atoms with E-state index >= 15 is 0 Å². The van der Waals surface area contributed by atoms with Crippen LogP contribution in [0.1, 0.15) is 16.6 Å². The van der Waals surface area contributed by atoms with Gasteiger partial charge in [-0.25, -0.2) is 4.98 Å². The molecule has 2 aromatic heterocycles. The van der Waals surface area contributed by atoms with Gasteiger partial charge in [0.2, 0.25) is 5.89 Å². The Kier molecular flexibility index (Phi) is 3.20. The lowest BCUT2D eigenvalue weighted by Crippen LogP contribution is -2.34. The number of carbonyl (C=O) groups excluding carboxylic acids is 1. The van der Waals surface area contributed by atoms with E-state index in [4.69, 9.17) is 10.2 Å². The lowest BCUT2D eigenvalue weighted by molar-refractivity contribution is 0.0949. The highest BCUT2D eigenvalue weighted by atomic mass is 32.1. The number of oxazole rings is 1. The average Bonchev–Trinajstić information content (AvgIpc) is 3.18. The molecular weight excluding hydrogens is 348 g/mol. The van der Waals surface area contributed by atoms with Gasteiger partial charge in [0.15, 0.2) is 5.58 Å². The van der Waals surface area contributed by atoms with Crippen LogP contribution < -0.4 is 16.4 Å². The average molecular weight is 364 g/mol. The summed E-state index contributed by atoms with van der Waals surface area (Å²) in [6.07, 6.45) is 0. The van der Waals surface area contributed by atoms with Crippen molar-refractivity contribution in [3.05, 3.63) is 41.3 Å². The Morgan fingerprint density at radius 2 is 2.19 bits per heavy atom. The summed E-state index contributed by atoms with van der Waals surface area (Å²) in [5.74, 6) is 0.487. The molecule has 26 heavy (non-hydrogen) atoms. The summed E-state index contributed by atoms with van der Waals surface area (Å²) in [7, 11) is 0. The first kappa shape index (κ1) is 15.2. The number of nitrogens with two attached hydrogens (primary N) is 1. The molecule has 0 saturated carbocycles. The number of benzene rings is 2. The maximum Gasteiger partial charge on any atom is 0.263 e. The molecule has 1 aliphatic rings. The monoisotopic (exact) mass is 364 g/mol. The summed E-state index contributed by atoms with van der Waals surface area (Å²) in [4.78, 5) is 17.7. The number of thiophene rings is 1.